The molecule has 1 amide bonds. The van der Waals surface area contributed by atoms with Gasteiger partial charge in [-0.1, -0.05) is 101 Å². The highest BCUT2D eigenvalue weighted by Crippen LogP contribution is 2.62. The number of unbranched alkanes of at least 4 members (excludes halogenated alkanes) is 11. The first-order valence-corrected chi connectivity index (χ1v) is 27.1. The van der Waals surface area contributed by atoms with Crippen molar-refractivity contribution in [1.29, 1.82) is 0 Å². The fourth-order valence-electron chi connectivity index (χ4n) is 10.9. The molecule has 3 aromatic rings. The van der Waals surface area contributed by atoms with Gasteiger partial charge in [-0.3, -0.25) is 25.1 Å². The number of ether oxygens (including phenoxy) is 5. The second kappa shape index (κ2) is 30.6. The lowest BCUT2D eigenvalue weighted by Gasteiger charge is -2.59. The van der Waals surface area contributed by atoms with Gasteiger partial charge in [0.15, 0.2) is 0 Å². The van der Waals surface area contributed by atoms with Crippen molar-refractivity contribution in [1.82, 2.24) is 4.90 Å². The number of nitro benzene ring substituents is 2. The highest BCUT2D eigenvalue weighted by Gasteiger charge is 2.65. The predicted octanol–water partition coefficient (Wildman–Crippen LogP) is 11.5. The highest BCUT2D eigenvalue weighted by molar-refractivity contribution is 6.03. The fourth-order valence-corrected chi connectivity index (χ4v) is 10.9. The summed E-state index contributed by atoms with van der Waals surface area (Å²) in [5.41, 5.74) is 2.54. The van der Waals surface area contributed by atoms with E-state index >= 15 is 0 Å². The third-order valence-corrected chi connectivity index (χ3v) is 14.5. The number of non-ortho nitro benzene ring substituents is 2. The Kier molecular flexibility index (Phi) is 23.8. The molecule has 0 bridgehead atoms. The lowest BCUT2D eigenvalue weighted by molar-refractivity contribution is -0.385. The number of allylic oxidation sites excluding steroid dienone is 1. The Morgan fingerprint density at radius 3 is 2.19 bits per heavy atom. The lowest BCUT2D eigenvalue weighted by Crippen LogP contribution is -2.70. The number of fused-ring (bicyclic) bond motifs is 2. The molecule has 6 unspecified atom stereocenters. The van der Waals surface area contributed by atoms with E-state index in [2.05, 4.69) is 19.6 Å². The van der Waals surface area contributed by atoms with Crippen LogP contribution in [0.5, 0.6) is 17.2 Å². The van der Waals surface area contributed by atoms with Crippen LogP contribution in [0, 0.1) is 38.0 Å². The van der Waals surface area contributed by atoms with E-state index < -0.39 is 39.6 Å². The molecule has 0 saturated heterocycles. The number of rotatable bonds is 35. The number of aliphatic hydroxyl groups is 3. The zero-order valence-electron chi connectivity index (χ0n) is 43.6. The third kappa shape index (κ3) is 16.1. The Hall–Kier alpha value is -5.92. The number of nitro groups is 2. The van der Waals surface area contributed by atoms with Crippen LogP contribution < -0.4 is 9.47 Å². The van der Waals surface area contributed by atoms with Gasteiger partial charge in [0, 0.05) is 55.9 Å². The van der Waals surface area contributed by atoms with Gasteiger partial charge in [-0.15, -0.1) is 6.58 Å². The molecule has 410 valence electrons. The maximum absolute atomic E-state index is 14.9. The minimum atomic E-state index is -1.62. The molecule has 1 aliphatic heterocycles. The minimum absolute atomic E-state index is 0.00386. The summed E-state index contributed by atoms with van der Waals surface area (Å²) in [6.45, 7) is 6.36. The van der Waals surface area contributed by atoms with Crippen LogP contribution in [0.2, 0.25) is 0 Å². The van der Waals surface area contributed by atoms with Crippen LogP contribution in [0.25, 0.3) is 0 Å². The first-order chi connectivity index (χ1) is 36.6. The van der Waals surface area contributed by atoms with Crippen molar-refractivity contribution in [2.24, 2.45) is 22.9 Å². The minimum Gasteiger partial charge on any atom is -0.459 e. The topological polar surface area (TPSA) is 235 Å². The summed E-state index contributed by atoms with van der Waals surface area (Å²) in [6.07, 6.45) is 18.4. The molecule has 0 spiro atoms. The van der Waals surface area contributed by atoms with Gasteiger partial charge in [0.25, 0.3) is 11.4 Å². The molecule has 2 aliphatic carbocycles. The Morgan fingerprint density at radius 2 is 1.51 bits per heavy atom. The summed E-state index contributed by atoms with van der Waals surface area (Å²) in [5, 5.41) is 57.8. The van der Waals surface area contributed by atoms with E-state index in [9.17, 15) is 40.3 Å². The van der Waals surface area contributed by atoms with Crippen LogP contribution in [0.3, 0.4) is 0 Å². The van der Waals surface area contributed by atoms with E-state index in [1.54, 1.807) is 47.4 Å². The number of hydrogen-bond acceptors (Lipinski definition) is 15. The second-order valence-corrected chi connectivity index (χ2v) is 19.7. The summed E-state index contributed by atoms with van der Waals surface area (Å²) in [7, 11) is 0. The Bertz CT molecular complexity index is 2340. The first kappa shape index (κ1) is 58.3. The molecule has 1 fully saturated rings. The zero-order chi connectivity index (χ0) is 53.4. The van der Waals surface area contributed by atoms with E-state index in [-0.39, 0.29) is 94.8 Å². The van der Waals surface area contributed by atoms with Crippen molar-refractivity contribution in [3.8, 4) is 17.2 Å². The molecule has 6 atom stereocenters. The van der Waals surface area contributed by atoms with Crippen LogP contribution in [0.1, 0.15) is 133 Å². The third-order valence-electron chi connectivity index (χ3n) is 14.5. The number of amides is 1. The summed E-state index contributed by atoms with van der Waals surface area (Å²) in [4.78, 5) is 44.9. The zero-order valence-corrected chi connectivity index (χ0v) is 43.6. The van der Waals surface area contributed by atoms with Crippen molar-refractivity contribution in [3.05, 3.63) is 122 Å². The van der Waals surface area contributed by atoms with Gasteiger partial charge in [0.2, 0.25) is 5.79 Å². The number of carbonyl (C=O) groups excluding carboxylic acids is 1. The Balaban J connectivity index is 1.47. The number of benzene rings is 3. The molecule has 0 aromatic heterocycles. The van der Waals surface area contributed by atoms with Gasteiger partial charge in [-0.25, -0.2) is 4.79 Å². The van der Waals surface area contributed by atoms with E-state index in [0.29, 0.717) is 67.7 Å². The molecule has 18 nitrogen and oxygen atoms in total. The van der Waals surface area contributed by atoms with E-state index in [4.69, 9.17) is 33.7 Å². The largest absolute Gasteiger partial charge is 0.459 e. The smallest absolute Gasteiger partial charge is 0.410 e. The number of hydrogen-bond donors (Lipinski definition) is 3. The summed E-state index contributed by atoms with van der Waals surface area (Å²) in [6, 6.07) is 16.5. The van der Waals surface area contributed by atoms with Crippen molar-refractivity contribution >= 4 is 23.2 Å². The standard InChI is InChI=1S/C57H78N4O14/c1-3-5-6-7-8-9-10-11-12-17-34-71-56(65)59(29-35-70-36-32-64)53-40-51(58-73-41-42-23-25-44(26-24-42)60(66)67)49-37-43(19-13-15-30-62)48(22-14-16-31-63)54-50-39-47(74-46-21-18-20-45(38-46)61(68)69)27-28-52(50)75-57(53,55(49)54)72-33-4-2/h4,18,20-21,23-28,37-39,43,48,53-55,62-64H,2-3,5-17,19,22,29-36,40-41H2,1H3. The summed E-state index contributed by atoms with van der Waals surface area (Å²) < 4.78 is 32.8. The van der Waals surface area contributed by atoms with Crippen molar-refractivity contribution in [2.75, 3.05) is 52.8 Å². The molecular formula is C57H78N4O14. The van der Waals surface area contributed by atoms with Crippen LogP contribution in [-0.4, -0.2) is 106 Å². The number of carbonyl (C=O) groups is 1. The maximum atomic E-state index is 14.9. The number of oxime groups is 1. The lowest BCUT2D eigenvalue weighted by atomic mass is 9.55. The second-order valence-electron chi connectivity index (χ2n) is 19.7. The Labute approximate surface area is 441 Å². The van der Waals surface area contributed by atoms with E-state index in [1.807, 2.05) is 6.07 Å². The van der Waals surface area contributed by atoms with E-state index in [1.165, 1.54) is 62.8 Å². The van der Waals surface area contributed by atoms with Gasteiger partial charge in [-0.2, -0.15) is 0 Å². The van der Waals surface area contributed by atoms with Crippen LogP contribution in [0.4, 0.5) is 16.2 Å². The SMILES string of the molecule is C=CCOC12Oc3ccc(Oc4cccc([N+](=O)[O-])c4)cc3C3C(CCCCO)C(CCCCO)C=C(C(=NOCc4ccc([N+](=O)[O-])cc4)CC1N(CCOCCO)C(=O)OCCCCCCCCCCCC)C32. The predicted molar refractivity (Wildman–Crippen MR) is 284 cm³/mol. The van der Waals surface area contributed by atoms with Crippen molar-refractivity contribution in [2.45, 2.75) is 140 Å². The van der Waals surface area contributed by atoms with Gasteiger partial charge in [0.05, 0.1) is 60.6 Å². The molecule has 3 aliphatic rings. The fraction of sp³-hybridized carbons (Fsp3) is 0.579. The van der Waals surface area contributed by atoms with Gasteiger partial charge in [-0.05, 0) is 91.5 Å². The molecule has 75 heavy (non-hydrogen) atoms. The average Bonchev–Trinajstić information content (AvgIpc) is 3.41. The molecule has 3 N–H and O–H groups in total. The van der Waals surface area contributed by atoms with Crippen molar-refractivity contribution < 1.29 is 58.5 Å². The molecule has 1 heterocycles. The van der Waals surface area contributed by atoms with Crippen LogP contribution >= 0.6 is 0 Å². The van der Waals surface area contributed by atoms with Gasteiger partial charge >= 0.3 is 6.09 Å². The molecular weight excluding hydrogens is 965 g/mol. The summed E-state index contributed by atoms with van der Waals surface area (Å²) >= 11 is 0. The normalized spacial score (nSPS) is 21.0. The van der Waals surface area contributed by atoms with Crippen LogP contribution in [-0.2, 0) is 25.7 Å². The number of aliphatic hydroxyl groups excluding tert-OH is 3. The molecule has 3 aromatic carbocycles. The van der Waals surface area contributed by atoms with Gasteiger partial charge < -0.3 is 43.8 Å². The van der Waals surface area contributed by atoms with Crippen molar-refractivity contribution in [3.63, 3.8) is 0 Å². The maximum Gasteiger partial charge on any atom is 0.410 e. The molecule has 18 heteroatoms. The molecule has 6 rings (SSSR count). The monoisotopic (exact) mass is 1040 g/mol. The summed E-state index contributed by atoms with van der Waals surface area (Å²) in [5.74, 6) is -1.75. The Morgan fingerprint density at radius 1 is 0.813 bits per heavy atom. The quantitative estimate of drug-likeness (QED) is 0.0215. The molecule has 0 radical (unpaired) electrons. The van der Waals surface area contributed by atoms with Crippen LogP contribution in [0.15, 0.2) is 96.2 Å². The average molecular weight is 1040 g/mol. The molecule has 1 saturated carbocycles. The highest BCUT2D eigenvalue weighted by atomic mass is 16.7. The first-order valence-electron chi connectivity index (χ1n) is 27.1. The number of nitrogens with zero attached hydrogens (tertiary/aromatic N) is 4. The van der Waals surface area contributed by atoms with E-state index in [0.717, 1.165) is 30.4 Å². The van der Waals surface area contributed by atoms with Gasteiger partial charge in [0.1, 0.15) is 29.9 Å².